The lowest BCUT2D eigenvalue weighted by Gasteiger charge is -2.24. The Morgan fingerprint density at radius 2 is 1.87 bits per heavy atom. The Kier molecular flexibility index (Phi) is 5.81. The van der Waals surface area contributed by atoms with Crippen LogP contribution in [0.1, 0.15) is 17.5 Å². The van der Waals surface area contributed by atoms with Crippen LogP contribution in [0.3, 0.4) is 0 Å². The highest BCUT2D eigenvalue weighted by Gasteiger charge is 2.41. The topological polar surface area (TPSA) is 83.9 Å². The molecule has 2 heterocycles. The van der Waals surface area contributed by atoms with Crippen LogP contribution in [0, 0.1) is 5.92 Å². The first-order valence-corrected chi connectivity index (χ1v) is 10.6. The van der Waals surface area contributed by atoms with Crippen LogP contribution in [-0.2, 0) is 27.2 Å². The molecule has 0 aliphatic carbocycles. The van der Waals surface area contributed by atoms with Gasteiger partial charge in [-0.3, -0.25) is 9.59 Å². The molecule has 2 atom stereocenters. The normalized spacial score (nSPS) is 17.1. The molecule has 0 bridgehead atoms. The van der Waals surface area contributed by atoms with Gasteiger partial charge in [-0.2, -0.15) is 0 Å². The quantitative estimate of drug-likeness (QED) is 0.618. The fourth-order valence-corrected chi connectivity index (χ4v) is 4.85. The summed E-state index contributed by atoms with van der Waals surface area (Å²) in [5, 5.41) is 12.4. The number of amides is 2. The van der Waals surface area contributed by atoms with Crippen molar-refractivity contribution in [1.82, 2.24) is 4.90 Å². The third-order valence-electron chi connectivity index (χ3n) is 5.31. The number of imide groups is 1. The Labute approximate surface area is 177 Å². The second-order valence-corrected chi connectivity index (χ2v) is 8.30. The van der Waals surface area contributed by atoms with Crippen LogP contribution in [0.15, 0.2) is 60.0 Å². The molecule has 2 aromatic carbocycles. The van der Waals surface area contributed by atoms with Crippen LogP contribution in [0.5, 0.6) is 0 Å². The van der Waals surface area contributed by atoms with Gasteiger partial charge in [0.1, 0.15) is 6.61 Å². The summed E-state index contributed by atoms with van der Waals surface area (Å²) in [5.41, 5.74) is 1.90. The van der Waals surface area contributed by atoms with Gasteiger partial charge in [-0.25, -0.2) is 9.69 Å². The molecule has 1 aliphatic rings. The Morgan fingerprint density at radius 1 is 1.13 bits per heavy atom. The molecule has 0 saturated carbocycles. The van der Waals surface area contributed by atoms with E-state index in [4.69, 9.17) is 4.74 Å². The number of ether oxygens (including phenoxy) is 1. The average molecular weight is 423 g/mol. The van der Waals surface area contributed by atoms with Crippen LogP contribution in [-0.4, -0.2) is 40.6 Å². The second kappa shape index (κ2) is 8.67. The average Bonchev–Trinajstić information content (AvgIpc) is 3.31. The van der Waals surface area contributed by atoms with Crippen LogP contribution in [0.4, 0.5) is 4.79 Å². The zero-order chi connectivity index (χ0) is 21.1. The molecule has 1 fully saturated rings. The molecule has 30 heavy (non-hydrogen) atoms. The standard InChI is InChI=1S/C23H21NO5S/c25-21(26)12-16(11-17-14-30-20-9-5-4-8-19(17)20)22(27)24-18(13-29-23(24)28)10-15-6-2-1-3-7-15/h1-9,14,16,18H,10-13H2,(H,25,26). The zero-order valence-electron chi connectivity index (χ0n) is 16.2. The molecule has 1 N–H and O–H groups in total. The Morgan fingerprint density at radius 3 is 2.63 bits per heavy atom. The second-order valence-electron chi connectivity index (χ2n) is 7.38. The zero-order valence-corrected chi connectivity index (χ0v) is 17.0. The van der Waals surface area contributed by atoms with Crippen LogP contribution >= 0.6 is 11.3 Å². The van der Waals surface area contributed by atoms with Gasteiger partial charge in [0.25, 0.3) is 0 Å². The van der Waals surface area contributed by atoms with Crippen molar-refractivity contribution in [3.63, 3.8) is 0 Å². The first kappa shape index (κ1) is 20.1. The summed E-state index contributed by atoms with van der Waals surface area (Å²) >= 11 is 1.56. The lowest BCUT2D eigenvalue weighted by molar-refractivity contribution is -0.143. The molecule has 1 aliphatic heterocycles. The number of carboxylic acids is 1. The number of rotatable bonds is 7. The number of thiophene rings is 1. The van der Waals surface area contributed by atoms with E-state index in [1.54, 1.807) is 11.3 Å². The van der Waals surface area contributed by atoms with Gasteiger partial charge in [0.2, 0.25) is 5.91 Å². The number of hydrogen-bond acceptors (Lipinski definition) is 5. The molecule has 1 saturated heterocycles. The Balaban J connectivity index is 1.58. The van der Waals surface area contributed by atoms with Crippen molar-refractivity contribution >= 4 is 39.4 Å². The van der Waals surface area contributed by atoms with Gasteiger partial charge in [-0.15, -0.1) is 11.3 Å². The van der Waals surface area contributed by atoms with Gasteiger partial charge < -0.3 is 9.84 Å². The molecule has 4 rings (SSSR count). The molecule has 0 spiro atoms. The summed E-state index contributed by atoms with van der Waals surface area (Å²) in [4.78, 5) is 38.3. The minimum Gasteiger partial charge on any atom is -0.481 e. The van der Waals surface area contributed by atoms with Gasteiger partial charge in [-0.1, -0.05) is 48.5 Å². The number of nitrogens with zero attached hydrogens (tertiary/aromatic N) is 1. The van der Waals surface area contributed by atoms with E-state index in [0.29, 0.717) is 6.42 Å². The highest BCUT2D eigenvalue weighted by atomic mass is 32.1. The van der Waals surface area contributed by atoms with Gasteiger partial charge in [0.05, 0.1) is 18.4 Å². The third kappa shape index (κ3) is 4.21. The smallest absolute Gasteiger partial charge is 0.416 e. The minimum absolute atomic E-state index is 0.112. The molecule has 3 aromatic rings. The maximum absolute atomic E-state index is 13.3. The van der Waals surface area contributed by atoms with E-state index in [0.717, 1.165) is 26.1 Å². The van der Waals surface area contributed by atoms with Crippen molar-refractivity contribution in [3.05, 3.63) is 71.1 Å². The molecular formula is C23H21NO5S. The van der Waals surface area contributed by atoms with Gasteiger partial charge in [0, 0.05) is 4.70 Å². The fourth-order valence-electron chi connectivity index (χ4n) is 3.88. The van der Waals surface area contributed by atoms with Crippen molar-refractivity contribution < 1.29 is 24.2 Å². The number of carbonyl (C=O) groups is 3. The summed E-state index contributed by atoms with van der Waals surface area (Å²) in [6, 6.07) is 16.9. The highest BCUT2D eigenvalue weighted by Crippen LogP contribution is 2.30. The molecule has 6 nitrogen and oxygen atoms in total. The van der Waals surface area contributed by atoms with Crippen LogP contribution in [0.2, 0.25) is 0 Å². The molecular weight excluding hydrogens is 402 g/mol. The maximum Gasteiger partial charge on any atom is 0.416 e. The monoisotopic (exact) mass is 423 g/mol. The molecule has 0 radical (unpaired) electrons. The van der Waals surface area contributed by atoms with E-state index in [1.165, 1.54) is 0 Å². The first-order chi connectivity index (χ1) is 14.5. The number of benzene rings is 2. The van der Waals surface area contributed by atoms with Crippen molar-refractivity contribution in [3.8, 4) is 0 Å². The summed E-state index contributed by atoms with van der Waals surface area (Å²) in [7, 11) is 0. The summed E-state index contributed by atoms with van der Waals surface area (Å²) in [5.74, 6) is -2.40. The maximum atomic E-state index is 13.3. The van der Waals surface area contributed by atoms with Gasteiger partial charge in [-0.05, 0) is 40.8 Å². The van der Waals surface area contributed by atoms with E-state index < -0.39 is 29.9 Å². The third-order valence-corrected chi connectivity index (χ3v) is 6.32. The largest absolute Gasteiger partial charge is 0.481 e. The van der Waals surface area contributed by atoms with Crippen LogP contribution in [0.25, 0.3) is 10.1 Å². The fraction of sp³-hybridized carbons (Fsp3) is 0.261. The summed E-state index contributed by atoms with van der Waals surface area (Å²) in [6.07, 6.45) is -0.312. The number of cyclic esters (lactones) is 1. The lowest BCUT2D eigenvalue weighted by atomic mass is 9.93. The van der Waals surface area contributed by atoms with Crippen LogP contribution < -0.4 is 0 Å². The van der Waals surface area contributed by atoms with E-state index >= 15 is 0 Å². The first-order valence-electron chi connectivity index (χ1n) is 9.73. The van der Waals surface area contributed by atoms with E-state index in [1.807, 2.05) is 60.0 Å². The van der Waals surface area contributed by atoms with E-state index in [-0.39, 0.29) is 19.4 Å². The summed E-state index contributed by atoms with van der Waals surface area (Å²) < 4.78 is 6.23. The van der Waals surface area contributed by atoms with E-state index in [9.17, 15) is 19.5 Å². The molecule has 154 valence electrons. The number of aliphatic carboxylic acids is 1. The van der Waals surface area contributed by atoms with Crippen molar-refractivity contribution in [1.29, 1.82) is 0 Å². The number of carboxylic acid groups (broad SMARTS) is 1. The van der Waals surface area contributed by atoms with Gasteiger partial charge >= 0.3 is 12.1 Å². The Bertz CT molecular complexity index is 1080. The summed E-state index contributed by atoms with van der Waals surface area (Å²) in [6.45, 7) is 0.112. The minimum atomic E-state index is -1.07. The van der Waals surface area contributed by atoms with Crippen molar-refractivity contribution in [2.45, 2.75) is 25.3 Å². The predicted molar refractivity (Wildman–Crippen MR) is 113 cm³/mol. The SMILES string of the molecule is O=C(O)CC(Cc1csc2ccccc12)C(=O)N1C(=O)OCC1Cc1ccccc1. The van der Waals surface area contributed by atoms with E-state index in [2.05, 4.69) is 0 Å². The van der Waals surface area contributed by atoms with Crippen molar-refractivity contribution in [2.24, 2.45) is 5.92 Å². The van der Waals surface area contributed by atoms with Gasteiger partial charge in [0.15, 0.2) is 0 Å². The van der Waals surface area contributed by atoms with Crippen molar-refractivity contribution in [2.75, 3.05) is 6.61 Å². The lowest BCUT2D eigenvalue weighted by Crippen LogP contribution is -2.44. The highest BCUT2D eigenvalue weighted by molar-refractivity contribution is 7.17. The number of hydrogen-bond donors (Lipinski definition) is 1. The predicted octanol–water partition coefficient (Wildman–Crippen LogP) is 4.12. The Hall–Kier alpha value is -3.19. The number of fused-ring (bicyclic) bond motifs is 1. The molecule has 2 unspecified atom stereocenters. The molecule has 2 amide bonds. The molecule has 1 aromatic heterocycles. The molecule has 7 heteroatoms. The number of carbonyl (C=O) groups excluding carboxylic acids is 2.